The van der Waals surface area contributed by atoms with Gasteiger partial charge in [0.25, 0.3) is 0 Å². The highest BCUT2D eigenvalue weighted by Crippen LogP contribution is 2.30. The average molecular weight is 236 g/mol. The number of hydrogen-bond acceptors (Lipinski definition) is 3. The van der Waals surface area contributed by atoms with Crippen molar-refractivity contribution >= 4 is 0 Å². The van der Waals surface area contributed by atoms with E-state index < -0.39 is 5.79 Å². The Hall–Kier alpha value is -0.900. The molecule has 1 saturated heterocycles. The van der Waals surface area contributed by atoms with Gasteiger partial charge in [0.1, 0.15) is 5.60 Å². The van der Waals surface area contributed by atoms with E-state index in [4.69, 9.17) is 14.2 Å². The maximum absolute atomic E-state index is 5.83. The first-order valence-corrected chi connectivity index (χ1v) is 5.95. The number of benzene rings is 1. The lowest BCUT2D eigenvalue weighted by Crippen LogP contribution is -2.35. The number of hydrogen-bond donors (Lipinski definition) is 0. The van der Waals surface area contributed by atoms with Gasteiger partial charge >= 0.3 is 0 Å². The second-order valence-corrected chi connectivity index (χ2v) is 5.22. The molecule has 0 spiro atoms. The first-order valence-electron chi connectivity index (χ1n) is 5.95. The van der Waals surface area contributed by atoms with E-state index in [2.05, 4.69) is 12.1 Å². The molecule has 1 fully saturated rings. The Morgan fingerprint density at radius 3 is 2.47 bits per heavy atom. The van der Waals surface area contributed by atoms with Crippen LogP contribution >= 0.6 is 0 Å². The van der Waals surface area contributed by atoms with E-state index in [1.807, 2.05) is 39.0 Å². The normalized spacial score (nSPS) is 27.2. The summed E-state index contributed by atoms with van der Waals surface area (Å²) in [6, 6.07) is 10.1. The molecule has 1 heterocycles. The molecule has 0 unspecified atom stereocenters. The third-order valence-electron chi connectivity index (χ3n) is 2.74. The monoisotopic (exact) mass is 236 g/mol. The van der Waals surface area contributed by atoms with Crippen LogP contribution in [0.1, 0.15) is 26.3 Å². The highest BCUT2D eigenvalue weighted by atomic mass is 16.8. The zero-order chi connectivity index (χ0) is 12.4. The van der Waals surface area contributed by atoms with Gasteiger partial charge in [-0.15, -0.1) is 0 Å². The summed E-state index contributed by atoms with van der Waals surface area (Å²) < 4.78 is 17.1. The smallest absolute Gasteiger partial charge is 0.163 e. The standard InChI is InChI=1S/C14H20O3/c1-13(2)16-11-14(3,17-13)10-15-9-12-7-5-4-6-8-12/h4-8H,9-11H2,1-3H3/t14-/m0/s1. The van der Waals surface area contributed by atoms with E-state index >= 15 is 0 Å². The Morgan fingerprint density at radius 1 is 1.18 bits per heavy atom. The Balaban J connectivity index is 1.79. The molecule has 1 aliphatic rings. The van der Waals surface area contributed by atoms with Crippen LogP contribution in [-0.2, 0) is 20.8 Å². The molecule has 0 radical (unpaired) electrons. The van der Waals surface area contributed by atoms with Gasteiger partial charge in [-0.2, -0.15) is 0 Å². The molecule has 0 aliphatic carbocycles. The van der Waals surface area contributed by atoms with Crippen LogP contribution in [0.2, 0.25) is 0 Å². The molecule has 3 nitrogen and oxygen atoms in total. The van der Waals surface area contributed by atoms with E-state index in [0.717, 1.165) is 0 Å². The van der Waals surface area contributed by atoms with Gasteiger partial charge in [0.2, 0.25) is 0 Å². The van der Waals surface area contributed by atoms with Gasteiger partial charge in [-0.3, -0.25) is 0 Å². The van der Waals surface area contributed by atoms with Crippen molar-refractivity contribution in [1.29, 1.82) is 0 Å². The molecule has 0 saturated carbocycles. The van der Waals surface area contributed by atoms with Gasteiger partial charge in [-0.05, 0) is 26.3 Å². The van der Waals surface area contributed by atoms with Gasteiger partial charge < -0.3 is 14.2 Å². The summed E-state index contributed by atoms with van der Waals surface area (Å²) in [6.45, 7) is 7.61. The molecule has 0 aromatic heterocycles. The van der Waals surface area contributed by atoms with Crippen LogP contribution < -0.4 is 0 Å². The minimum atomic E-state index is -0.495. The zero-order valence-electron chi connectivity index (χ0n) is 10.7. The quantitative estimate of drug-likeness (QED) is 0.804. The van der Waals surface area contributed by atoms with Crippen LogP contribution in [0.15, 0.2) is 30.3 Å². The van der Waals surface area contributed by atoms with Gasteiger partial charge in [0, 0.05) is 0 Å². The van der Waals surface area contributed by atoms with Gasteiger partial charge in [0.05, 0.1) is 19.8 Å². The van der Waals surface area contributed by atoms with E-state index in [9.17, 15) is 0 Å². The van der Waals surface area contributed by atoms with Crippen molar-refractivity contribution in [2.24, 2.45) is 0 Å². The summed E-state index contributed by atoms with van der Waals surface area (Å²) in [6.07, 6.45) is 0. The zero-order valence-corrected chi connectivity index (χ0v) is 10.7. The summed E-state index contributed by atoms with van der Waals surface area (Å²) in [5.41, 5.74) is 0.840. The highest BCUT2D eigenvalue weighted by Gasteiger charge is 2.42. The van der Waals surface area contributed by atoms with E-state index in [1.54, 1.807) is 0 Å². The SMILES string of the molecule is CC1(C)OC[C@](C)(COCc2ccccc2)O1. The lowest BCUT2D eigenvalue weighted by molar-refractivity contribution is -0.169. The Kier molecular flexibility index (Phi) is 3.52. The minimum Gasteiger partial charge on any atom is -0.374 e. The highest BCUT2D eigenvalue weighted by molar-refractivity contribution is 5.13. The maximum Gasteiger partial charge on any atom is 0.163 e. The fourth-order valence-corrected chi connectivity index (χ4v) is 2.01. The molecule has 0 amide bonds. The van der Waals surface area contributed by atoms with Crippen molar-refractivity contribution in [3.63, 3.8) is 0 Å². The third-order valence-corrected chi connectivity index (χ3v) is 2.74. The first-order chi connectivity index (χ1) is 7.99. The molecule has 1 atom stereocenters. The van der Waals surface area contributed by atoms with E-state index in [1.165, 1.54) is 5.56 Å². The van der Waals surface area contributed by atoms with Crippen LogP contribution in [0.4, 0.5) is 0 Å². The number of rotatable bonds is 4. The van der Waals surface area contributed by atoms with Crippen molar-refractivity contribution in [2.45, 2.75) is 38.8 Å². The minimum absolute atomic E-state index is 0.335. The molecule has 2 rings (SSSR count). The molecule has 0 N–H and O–H groups in total. The second-order valence-electron chi connectivity index (χ2n) is 5.22. The molecule has 17 heavy (non-hydrogen) atoms. The molecule has 3 heteroatoms. The van der Waals surface area contributed by atoms with E-state index in [0.29, 0.717) is 19.8 Å². The lowest BCUT2D eigenvalue weighted by Gasteiger charge is -2.24. The van der Waals surface area contributed by atoms with Crippen LogP contribution in [0, 0.1) is 0 Å². The average Bonchev–Trinajstić information content (AvgIpc) is 2.55. The topological polar surface area (TPSA) is 27.7 Å². The van der Waals surface area contributed by atoms with Crippen molar-refractivity contribution in [3.05, 3.63) is 35.9 Å². The van der Waals surface area contributed by atoms with Crippen LogP contribution in [0.3, 0.4) is 0 Å². The summed E-state index contributed by atoms with van der Waals surface area (Å²) in [5, 5.41) is 0. The largest absolute Gasteiger partial charge is 0.374 e. The molecule has 1 aromatic rings. The third kappa shape index (κ3) is 3.53. The Morgan fingerprint density at radius 2 is 1.88 bits per heavy atom. The van der Waals surface area contributed by atoms with Gasteiger partial charge in [0.15, 0.2) is 5.79 Å². The molecule has 0 bridgehead atoms. The summed E-state index contributed by atoms with van der Waals surface area (Å²) in [5.74, 6) is -0.495. The van der Waals surface area contributed by atoms with E-state index in [-0.39, 0.29) is 5.60 Å². The molecule has 1 aromatic carbocycles. The lowest BCUT2D eigenvalue weighted by atomic mass is 10.1. The van der Waals surface area contributed by atoms with Crippen LogP contribution in [-0.4, -0.2) is 24.6 Å². The maximum atomic E-state index is 5.83. The van der Waals surface area contributed by atoms with Crippen molar-refractivity contribution in [3.8, 4) is 0 Å². The fraction of sp³-hybridized carbons (Fsp3) is 0.571. The molecule has 94 valence electrons. The number of ether oxygens (including phenoxy) is 3. The summed E-state index contributed by atoms with van der Waals surface area (Å²) in [4.78, 5) is 0. The summed E-state index contributed by atoms with van der Waals surface area (Å²) >= 11 is 0. The van der Waals surface area contributed by atoms with Crippen LogP contribution in [0.25, 0.3) is 0 Å². The van der Waals surface area contributed by atoms with Gasteiger partial charge in [-0.25, -0.2) is 0 Å². The predicted molar refractivity (Wildman–Crippen MR) is 65.6 cm³/mol. The molecular weight excluding hydrogens is 216 g/mol. The predicted octanol–water partition coefficient (Wildman–Crippen LogP) is 2.74. The first kappa shape index (κ1) is 12.6. The van der Waals surface area contributed by atoms with Crippen molar-refractivity contribution < 1.29 is 14.2 Å². The van der Waals surface area contributed by atoms with Crippen LogP contribution in [0.5, 0.6) is 0 Å². The second kappa shape index (κ2) is 4.77. The Labute approximate surface area is 103 Å². The molecular formula is C14H20O3. The van der Waals surface area contributed by atoms with Crippen molar-refractivity contribution in [2.75, 3.05) is 13.2 Å². The molecule has 1 aliphatic heterocycles. The Bertz CT molecular complexity index is 361. The van der Waals surface area contributed by atoms with Gasteiger partial charge in [-0.1, -0.05) is 30.3 Å². The fourth-order valence-electron chi connectivity index (χ4n) is 2.01. The van der Waals surface area contributed by atoms with Crippen molar-refractivity contribution in [1.82, 2.24) is 0 Å². The summed E-state index contributed by atoms with van der Waals surface area (Å²) in [7, 11) is 0.